The molecule has 1 heterocycles. The van der Waals surface area contributed by atoms with Gasteiger partial charge in [0.2, 0.25) is 0 Å². The van der Waals surface area contributed by atoms with Crippen molar-refractivity contribution in [2.24, 2.45) is 0 Å². The highest BCUT2D eigenvalue weighted by molar-refractivity contribution is 7.98. The molecule has 0 aliphatic heterocycles. The first-order valence-corrected chi connectivity index (χ1v) is 12.4. The Bertz CT molecular complexity index is 1690. The lowest BCUT2D eigenvalue weighted by molar-refractivity contribution is 0.366. The molecule has 0 atom stereocenters. The number of ether oxygens (including phenoxy) is 1. The lowest BCUT2D eigenvalue weighted by Gasteiger charge is -2.17. The standard InChI is InChI=1S/C30H20F2N2O2S/c31-23-8-4-7-21(15-23)25-17-29(36-14-13-33)28(18-26(25)32)34-27-11-10-24(16-22(27)9-12-30(34)35)37-19-20-5-2-1-3-6-20/h1-12,15-18H,14,19H2. The van der Waals surface area contributed by atoms with Gasteiger partial charge >= 0.3 is 0 Å². The van der Waals surface area contributed by atoms with Crippen LogP contribution in [0, 0.1) is 23.0 Å². The van der Waals surface area contributed by atoms with E-state index in [1.54, 1.807) is 23.9 Å². The van der Waals surface area contributed by atoms with Crippen molar-refractivity contribution in [1.29, 1.82) is 5.26 Å². The zero-order chi connectivity index (χ0) is 25.8. The summed E-state index contributed by atoms with van der Waals surface area (Å²) in [4.78, 5) is 14.1. The van der Waals surface area contributed by atoms with Crippen molar-refractivity contribution in [2.75, 3.05) is 6.61 Å². The maximum atomic E-state index is 15.4. The number of thioether (sulfide) groups is 1. The van der Waals surface area contributed by atoms with Gasteiger partial charge in [-0.2, -0.15) is 5.26 Å². The van der Waals surface area contributed by atoms with Gasteiger partial charge in [0.15, 0.2) is 6.61 Å². The number of halogens is 2. The van der Waals surface area contributed by atoms with Crippen LogP contribution in [0.15, 0.2) is 107 Å². The highest BCUT2D eigenvalue weighted by Gasteiger charge is 2.17. The van der Waals surface area contributed by atoms with Crippen LogP contribution in [0.4, 0.5) is 8.78 Å². The molecule has 0 amide bonds. The zero-order valence-corrected chi connectivity index (χ0v) is 20.3. The van der Waals surface area contributed by atoms with Crippen LogP contribution in [0.3, 0.4) is 0 Å². The number of rotatable bonds is 7. The molecule has 7 heteroatoms. The molecule has 0 saturated carbocycles. The lowest BCUT2D eigenvalue weighted by atomic mass is 10.0. The van der Waals surface area contributed by atoms with E-state index in [1.807, 2.05) is 42.5 Å². The van der Waals surface area contributed by atoms with Crippen LogP contribution >= 0.6 is 11.8 Å². The van der Waals surface area contributed by atoms with Gasteiger partial charge in [0, 0.05) is 28.3 Å². The van der Waals surface area contributed by atoms with Crippen LogP contribution in [0.2, 0.25) is 0 Å². The van der Waals surface area contributed by atoms with Crippen molar-refractivity contribution in [1.82, 2.24) is 4.57 Å². The summed E-state index contributed by atoms with van der Waals surface area (Å²) in [5.41, 5.74) is 1.97. The second kappa shape index (κ2) is 10.7. The molecule has 0 saturated heterocycles. The SMILES string of the molecule is N#CCOc1cc(-c2cccc(F)c2)c(F)cc1-n1c(=O)ccc2cc(SCc3ccccc3)ccc21. The summed E-state index contributed by atoms with van der Waals surface area (Å²) in [6.07, 6.45) is 0. The number of aromatic nitrogens is 1. The first-order valence-electron chi connectivity index (χ1n) is 11.5. The predicted molar refractivity (Wildman–Crippen MR) is 142 cm³/mol. The molecule has 0 aliphatic carbocycles. The van der Waals surface area contributed by atoms with E-state index in [2.05, 4.69) is 12.1 Å². The van der Waals surface area contributed by atoms with Gasteiger partial charge in [0.1, 0.15) is 23.5 Å². The normalized spacial score (nSPS) is 10.8. The van der Waals surface area contributed by atoms with E-state index in [9.17, 15) is 9.18 Å². The van der Waals surface area contributed by atoms with Gasteiger partial charge in [-0.3, -0.25) is 9.36 Å². The van der Waals surface area contributed by atoms with Gasteiger partial charge in [-0.05, 0) is 59.0 Å². The summed E-state index contributed by atoms with van der Waals surface area (Å²) in [6, 6.07) is 29.0. The largest absolute Gasteiger partial charge is 0.477 e. The van der Waals surface area contributed by atoms with E-state index in [0.717, 1.165) is 16.0 Å². The van der Waals surface area contributed by atoms with Gasteiger partial charge in [-0.15, -0.1) is 11.8 Å². The molecular weight excluding hydrogens is 490 g/mol. The average molecular weight is 511 g/mol. The van der Waals surface area contributed by atoms with Gasteiger partial charge in [-0.25, -0.2) is 8.78 Å². The van der Waals surface area contributed by atoms with E-state index in [0.29, 0.717) is 11.1 Å². The van der Waals surface area contributed by atoms with Crippen LogP contribution in [-0.2, 0) is 5.75 Å². The second-order valence-electron chi connectivity index (χ2n) is 8.26. The quantitative estimate of drug-likeness (QED) is 0.219. The fourth-order valence-corrected chi connectivity index (χ4v) is 5.02. The van der Waals surface area contributed by atoms with Gasteiger partial charge < -0.3 is 4.74 Å². The summed E-state index contributed by atoms with van der Waals surface area (Å²) in [7, 11) is 0. The number of fused-ring (bicyclic) bond motifs is 1. The maximum Gasteiger partial charge on any atom is 0.255 e. The van der Waals surface area contributed by atoms with Crippen LogP contribution in [-0.4, -0.2) is 11.2 Å². The molecule has 1 aromatic heterocycles. The van der Waals surface area contributed by atoms with E-state index in [-0.39, 0.29) is 29.2 Å². The van der Waals surface area contributed by atoms with Crippen molar-refractivity contribution in [2.45, 2.75) is 10.6 Å². The summed E-state index contributed by atoms with van der Waals surface area (Å²) in [5, 5.41) is 9.88. The average Bonchev–Trinajstić information content (AvgIpc) is 2.91. The molecular formula is C30H20F2N2O2S. The smallest absolute Gasteiger partial charge is 0.255 e. The molecule has 182 valence electrons. The Morgan fingerprint density at radius 2 is 1.73 bits per heavy atom. The van der Waals surface area contributed by atoms with Crippen molar-refractivity contribution < 1.29 is 13.5 Å². The van der Waals surface area contributed by atoms with Crippen LogP contribution in [0.1, 0.15) is 5.56 Å². The molecule has 0 radical (unpaired) electrons. The van der Waals surface area contributed by atoms with E-state index in [1.165, 1.54) is 46.5 Å². The minimum Gasteiger partial charge on any atom is -0.477 e. The van der Waals surface area contributed by atoms with E-state index >= 15 is 4.39 Å². The number of hydrogen-bond donors (Lipinski definition) is 0. The van der Waals surface area contributed by atoms with Crippen molar-refractivity contribution in [3.05, 3.63) is 125 Å². The van der Waals surface area contributed by atoms with E-state index < -0.39 is 11.6 Å². The molecule has 37 heavy (non-hydrogen) atoms. The third-order valence-corrected chi connectivity index (χ3v) is 6.90. The van der Waals surface area contributed by atoms with E-state index in [4.69, 9.17) is 10.00 Å². The Morgan fingerprint density at radius 1 is 0.892 bits per heavy atom. The number of hydrogen-bond acceptors (Lipinski definition) is 4. The molecule has 0 N–H and O–H groups in total. The number of nitrogens with zero attached hydrogens (tertiary/aromatic N) is 2. The van der Waals surface area contributed by atoms with Crippen LogP contribution in [0.25, 0.3) is 27.7 Å². The topological polar surface area (TPSA) is 55.0 Å². The monoisotopic (exact) mass is 510 g/mol. The maximum absolute atomic E-state index is 15.4. The Hall–Kier alpha value is -4.41. The molecule has 0 unspecified atom stereocenters. The highest BCUT2D eigenvalue weighted by Crippen LogP contribution is 2.34. The second-order valence-corrected chi connectivity index (χ2v) is 9.31. The number of benzene rings is 4. The minimum atomic E-state index is -0.649. The molecule has 5 rings (SSSR count). The van der Waals surface area contributed by atoms with Crippen LogP contribution in [0.5, 0.6) is 5.75 Å². The molecule has 5 aromatic rings. The Labute approximate surface area is 216 Å². The molecule has 0 bridgehead atoms. The minimum absolute atomic E-state index is 0.101. The Balaban J connectivity index is 1.60. The fourth-order valence-electron chi connectivity index (χ4n) is 4.12. The number of nitriles is 1. The predicted octanol–water partition coefficient (Wildman–Crippen LogP) is 7.13. The summed E-state index contributed by atoms with van der Waals surface area (Å²) < 4.78 is 36.1. The molecule has 4 aromatic carbocycles. The lowest BCUT2D eigenvalue weighted by Crippen LogP contribution is -2.18. The van der Waals surface area contributed by atoms with Crippen LogP contribution < -0.4 is 10.3 Å². The Morgan fingerprint density at radius 3 is 2.51 bits per heavy atom. The van der Waals surface area contributed by atoms with Gasteiger partial charge in [0.25, 0.3) is 5.56 Å². The third-order valence-electron chi connectivity index (χ3n) is 5.83. The number of pyridine rings is 1. The first-order chi connectivity index (χ1) is 18.0. The summed E-state index contributed by atoms with van der Waals surface area (Å²) in [5.74, 6) is -0.222. The van der Waals surface area contributed by atoms with Crippen molar-refractivity contribution >= 4 is 22.7 Å². The molecule has 0 fully saturated rings. The zero-order valence-electron chi connectivity index (χ0n) is 19.5. The van der Waals surface area contributed by atoms with Crippen molar-refractivity contribution in [3.8, 4) is 28.6 Å². The highest BCUT2D eigenvalue weighted by atomic mass is 32.2. The summed E-state index contributed by atoms with van der Waals surface area (Å²) in [6.45, 7) is -0.305. The Kier molecular flexibility index (Phi) is 7.02. The molecule has 0 aliphatic rings. The molecule has 0 spiro atoms. The summed E-state index contributed by atoms with van der Waals surface area (Å²) >= 11 is 1.67. The first kappa shape index (κ1) is 24.3. The fraction of sp³-hybridized carbons (Fsp3) is 0.0667. The van der Waals surface area contributed by atoms with Gasteiger partial charge in [-0.1, -0.05) is 42.5 Å². The van der Waals surface area contributed by atoms with Crippen molar-refractivity contribution in [3.63, 3.8) is 0 Å². The third kappa shape index (κ3) is 5.25. The van der Waals surface area contributed by atoms with Gasteiger partial charge in [0.05, 0.1) is 11.2 Å². The molecule has 4 nitrogen and oxygen atoms in total.